The number of hydrogen-bond acceptors (Lipinski definition) is 5. The SMILES string of the molecule is C=CCN1C(=O)/C(=C/c2c(C(F)(F)F)nn(C)c2SCc2ccccc2Cl)C(=O)NC1=S. The Hall–Kier alpha value is -2.63. The Bertz CT molecular complexity index is 1140. The molecule has 168 valence electrons. The van der Waals surface area contributed by atoms with Gasteiger partial charge in [0.1, 0.15) is 10.6 Å². The number of rotatable bonds is 6. The minimum atomic E-state index is -4.81. The molecule has 3 rings (SSSR count). The molecule has 1 aromatic heterocycles. The molecular weight excluding hydrogens is 485 g/mol. The fraction of sp³-hybridized carbons (Fsp3) is 0.200. The number of thiocarbonyl (C=S) groups is 1. The lowest BCUT2D eigenvalue weighted by Crippen LogP contribution is -2.53. The van der Waals surface area contributed by atoms with Gasteiger partial charge in [-0.25, -0.2) is 0 Å². The molecule has 0 radical (unpaired) electrons. The van der Waals surface area contributed by atoms with Crippen molar-refractivity contribution in [3.8, 4) is 0 Å². The molecule has 2 aromatic rings. The van der Waals surface area contributed by atoms with Crippen molar-refractivity contribution >= 4 is 58.6 Å². The van der Waals surface area contributed by atoms with Crippen molar-refractivity contribution in [2.75, 3.05) is 6.54 Å². The van der Waals surface area contributed by atoms with Crippen LogP contribution in [0.15, 0.2) is 47.5 Å². The largest absolute Gasteiger partial charge is 0.435 e. The number of thioether (sulfide) groups is 1. The van der Waals surface area contributed by atoms with E-state index >= 15 is 0 Å². The number of aromatic nitrogens is 2. The van der Waals surface area contributed by atoms with E-state index in [1.165, 1.54) is 13.1 Å². The maximum absolute atomic E-state index is 13.7. The minimum absolute atomic E-state index is 0.0113. The molecule has 0 aliphatic carbocycles. The zero-order chi connectivity index (χ0) is 23.6. The lowest BCUT2D eigenvalue weighted by Gasteiger charge is -2.27. The monoisotopic (exact) mass is 500 g/mol. The predicted molar refractivity (Wildman–Crippen MR) is 120 cm³/mol. The molecule has 1 aliphatic rings. The van der Waals surface area contributed by atoms with Gasteiger partial charge in [0.25, 0.3) is 11.8 Å². The molecule has 1 fully saturated rings. The van der Waals surface area contributed by atoms with Gasteiger partial charge in [-0.05, 0) is 29.9 Å². The lowest BCUT2D eigenvalue weighted by molar-refractivity contribution is -0.141. The summed E-state index contributed by atoms with van der Waals surface area (Å²) < 4.78 is 42.2. The van der Waals surface area contributed by atoms with Crippen LogP contribution in [0, 0.1) is 0 Å². The maximum Gasteiger partial charge on any atom is 0.435 e. The van der Waals surface area contributed by atoms with Crippen LogP contribution in [-0.2, 0) is 28.6 Å². The van der Waals surface area contributed by atoms with Crippen molar-refractivity contribution in [2.24, 2.45) is 7.05 Å². The first-order valence-corrected chi connectivity index (χ1v) is 10.8. The minimum Gasteiger partial charge on any atom is -0.298 e. The van der Waals surface area contributed by atoms with Crippen LogP contribution in [-0.4, -0.2) is 38.2 Å². The molecule has 6 nitrogen and oxygen atoms in total. The third-order valence-electron chi connectivity index (χ3n) is 4.41. The third kappa shape index (κ3) is 4.89. The van der Waals surface area contributed by atoms with Crippen molar-refractivity contribution in [2.45, 2.75) is 17.0 Å². The summed E-state index contributed by atoms with van der Waals surface area (Å²) >= 11 is 12.2. The molecule has 0 bridgehead atoms. The Kier molecular flexibility index (Phi) is 7.11. The van der Waals surface area contributed by atoms with Gasteiger partial charge in [0.2, 0.25) is 0 Å². The fourth-order valence-electron chi connectivity index (χ4n) is 2.93. The number of carbonyl (C=O) groups is 2. The molecule has 1 N–H and O–H groups in total. The molecule has 2 heterocycles. The van der Waals surface area contributed by atoms with E-state index in [1.54, 1.807) is 24.3 Å². The van der Waals surface area contributed by atoms with Gasteiger partial charge in [-0.2, -0.15) is 18.3 Å². The first-order chi connectivity index (χ1) is 15.0. The van der Waals surface area contributed by atoms with Crippen LogP contribution in [0.5, 0.6) is 0 Å². The highest BCUT2D eigenvalue weighted by Gasteiger charge is 2.40. The second kappa shape index (κ2) is 9.47. The summed E-state index contributed by atoms with van der Waals surface area (Å²) in [5.41, 5.74) is -1.37. The average Bonchev–Trinajstić information content (AvgIpc) is 3.03. The number of carbonyl (C=O) groups excluding carboxylic acids is 2. The van der Waals surface area contributed by atoms with E-state index in [1.807, 2.05) is 0 Å². The molecule has 32 heavy (non-hydrogen) atoms. The topological polar surface area (TPSA) is 67.2 Å². The van der Waals surface area contributed by atoms with Gasteiger partial charge >= 0.3 is 6.18 Å². The smallest absolute Gasteiger partial charge is 0.298 e. The van der Waals surface area contributed by atoms with E-state index in [-0.39, 0.29) is 28.0 Å². The number of nitrogens with zero attached hydrogens (tertiary/aromatic N) is 3. The van der Waals surface area contributed by atoms with Crippen LogP contribution in [0.4, 0.5) is 13.2 Å². The summed E-state index contributed by atoms with van der Waals surface area (Å²) in [7, 11) is 1.36. The van der Waals surface area contributed by atoms with E-state index in [4.69, 9.17) is 23.8 Å². The Morgan fingerprint density at radius 2 is 2.00 bits per heavy atom. The zero-order valence-electron chi connectivity index (χ0n) is 16.6. The van der Waals surface area contributed by atoms with E-state index in [2.05, 4.69) is 17.0 Å². The van der Waals surface area contributed by atoms with E-state index < -0.39 is 29.3 Å². The number of alkyl halides is 3. The molecule has 0 spiro atoms. The Balaban J connectivity index is 2.08. The molecule has 1 aliphatic heterocycles. The maximum atomic E-state index is 13.7. The average molecular weight is 501 g/mol. The second-order valence-corrected chi connectivity index (χ2v) is 8.35. The van der Waals surface area contributed by atoms with Crippen molar-refractivity contribution < 1.29 is 22.8 Å². The third-order valence-corrected chi connectivity index (χ3v) is 6.31. The van der Waals surface area contributed by atoms with Crippen LogP contribution in [0.3, 0.4) is 0 Å². The molecule has 0 atom stereocenters. The summed E-state index contributed by atoms with van der Waals surface area (Å²) in [5, 5.41) is 6.35. The highest BCUT2D eigenvalue weighted by Crippen LogP contribution is 2.38. The highest BCUT2D eigenvalue weighted by atomic mass is 35.5. The highest BCUT2D eigenvalue weighted by molar-refractivity contribution is 7.98. The van der Waals surface area contributed by atoms with Crippen molar-refractivity contribution in [1.29, 1.82) is 0 Å². The van der Waals surface area contributed by atoms with Crippen molar-refractivity contribution in [3.63, 3.8) is 0 Å². The molecule has 0 unspecified atom stereocenters. The number of nitrogens with one attached hydrogen (secondary N) is 1. The summed E-state index contributed by atoms with van der Waals surface area (Å²) in [6.07, 6.45) is -2.52. The molecule has 2 amide bonds. The van der Waals surface area contributed by atoms with Crippen LogP contribution in [0.1, 0.15) is 16.8 Å². The van der Waals surface area contributed by atoms with E-state index in [0.717, 1.165) is 27.4 Å². The predicted octanol–water partition coefficient (Wildman–Crippen LogP) is 4.20. The van der Waals surface area contributed by atoms with Crippen LogP contribution >= 0.6 is 35.6 Å². The standard InChI is InChI=1S/C20H16ClF3N4O2S2/c1-3-8-28-17(30)13(16(29)25-19(28)31)9-12-15(20(22,23)24)26-27(2)18(12)32-10-11-6-4-5-7-14(11)21/h3-7,9H,1,8,10H2,2H3,(H,25,29,31)/b13-9+. The normalized spacial score (nSPS) is 16.0. The van der Waals surface area contributed by atoms with Crippen molar-refractivity contribution in [1.82, 2.24) is 20.0 Å². The lowest BCUT2D eigenvalue weighted by atomic mass is 10.1. The van der Waals surface area contributed by atoms with Gasteiger partial charge in [-0.1, -0.05) is 35.9 Å². The number of benzene rings is 1. The first kappa shape index (κ1) is 24.0. The van der Waals surface area contributed by atoms with Crippen LogP contribution in [0.2, 0.25) is 5.02 Å². The van der Waals surface area contributed by atoms with Gasteiger partial charge in [0.05, 0.1) is 0 Å². The molecule has 1 aromatic carbocycles. The van der Waals surface area contributed by atoms with E-state index in [0.29, 0.717) is 10.6 Å². The van der Waals surface area contributed by atoms with Gasteiger partial charge in [-0.15, -0.1) is 18.3 Å². The summed E-state index contributed by atoms with van der Waals surface area (Å²) in [4.78, 5) is 26.2. The summed E-state index contributed by atoms with van der Waals surface area (Å²) in [5.74, 6) is -1.46. The number of amides is 2. The van der Waals surface area contributed by atoms with Gasteiger partial charge in [-0.3, -0.25) is 24.5 Å². The fourth-order valence-corrected chi connectivity index (χ4v) is 4.54. The summed E-state index contributed by atoms with van der Waals surface area (Å²) in [6.45, 7) is 3.50. The zero-order valence-corrected chi connectivity index (χ0v) is 19.0. The van der Waals surface area contributed by atoms with Crippen LogP contribution in [0.25, 0.3) is 6.08 Å². The first-order valence-electron chi connectivity index (χ1n) is 9.04. The Morgan fingerprint density at radius 3 is 2.62 bits per heavy atom. The number of halogens is 4. The Morgan fingerprint density at radius 1 is 1.31 bits per heavy atom. The quantitative estimate of drug-likeness (QED) is 0.212. The molecular formula is C20H16ClF3N4O2S2. The summed E-state index contributed by atoms with van der Waals surface area (Å²) in [6, 6.07) is 6.93. The number of hydrogen-bond donors (Lipinski definition) is 1. The molecule has 0 saturated carbocycles. The van der Waals surface area contributed by atoms with Gasteiger partial charge in [0, 0.05) is 29.9 Å². The van der Waals surface area contributed by atoms with Crippen molar-refractivity contribution in [3.05, 3.63) is 64.3 Å². The van der Waals surface area contributed by atoms with Crippen LogP contribution < -0.4 is 5.32 Å². The van der Waals surface area contributed by atoms with Gasteiger partial charge in [0.15, 0.2) is 10.8 Å². The number of aryl methyl sites for hydroxylation is 1. The molecule has 1 saturated heterocycles. The molecule has 12 heteroatoms. The Labute approximate surface area is 196 Å². The second-order valence-electron chi connectivity index (χ2n) is 6.59. The van der Waals surface area contributed by atoms with E-state index in [9.17, 15) is 22.8 Å². The van der Waals surface area contributed by atoms with Gasteiger partial charge < -0.3 is 0 Å².